The summed E-state index contributed by atoms with van der Waals surface area (Å²) in [5.41, 5.74) is -0.846. The molecule has 1 amide bonds. The van der Waals surface area contributed by atoms with E-state index in [-0.39, 0.29) is 18.4 Å². The average Bonchev–Trinajstić information content (AvgIpc) is 3.09. The molecule has 4 rings (SSSR count). The van der Waals surface area contributed by atoms with Gasteiger partial charge in [0.2, 0.25) is 5.91 Å². The van der Waals surface area contributed by atoms with Crippen LogP contribution in [0, 0.1) is 11.3 Å². The third kappa shape index (κ3) is 2.94. The van der Waals surface area contributed by atoms with Crippen molar-refractivity contribution >= 4 is 23.5 Å². The van der Waals surface area contributed by atoms with E-state index in [0.29, 0.717) is 57.3 Å². The first kappa shape index (κ1) is 18.7. The highest BCUT2D eigenvalue weighted by molar-refractivity contribution is 6.31. The zero-order valence-electron chi connectivity index (χ0n) is 15.2. The van der Waals surface area contributed by atoms with Gasteiger partial charge in [0.1, 0.15) is 0 Å². The largest absolute Gasteiger partial charge is 0.481 e. The molecule has 2 atom stereocenters. The summed E-state index contributed by atoms with van der Waals surface area (Å²) in [6.45, 7) is 2.44. The Bertz CT molecular complexity index is 748. The van der Waals surface area contributed by atoms with Gasteiger partial charge in [-0.25, -0.2) is 0 Å². The van der Waals surface area contributed by atoms with Gasteiger partial charge >= 0.3 is 5.97 Å². The average molecular weight is 394 g/mol. The van der Waals surface area contributed by atoms with Gasteiger partial charge in [-0.1, -0.05) is 29.8 Å². The van der Waals surface area contributed by atoms with Crippen LogP contribution in [-0.2, 0) is 24.5 Å². The molecule has 0 spiro atoms. The lowest BCUT2D eigenvalue weighted by molar-refractivity contribution is -0.157. The Labute approximate surface area is 163 Å². The molecule has 0 aromatic heterocycles. The Morgan fingerprint density at radius 2 is 1.81 bits per heavy atom. The minimum Gasteiger partial charge on any atom is -0.481 e. The molecule has 0 bridgehead atoms. The summed E-state index contributed by atoms with van der Waals surface area (Å²) >= 11 is 6.47. The van der Waals surface area contributed by atoms with Crippen molar-refractivity contribution in [2.45, 2.75) is 24.7 Å². The van der Waals surface area contributed by atoms with Crippen molar-refractivity contribution in [2.75, 3.05) is 39.5 Å². The van der Waals surface area contributed by atoms with E-state index in [1.54, 1.807) is 11.0 Å². The molecule has 0 saturated carbocycles. The number of halogens is 1. The van der Waals surface area contributed by atoms with Gasteiger partial charge in [-0.05, 0) is 30.9 Å². The fraction of sp³-hybridized carbons (Fsp3) is 0.600. The van der Waals surface area contributed by atoms with E-state index in [2.05, 4.69) is 0 Å². The molecule has 3 aliphatic heterocycles. The van der Waals surface area contributed by atoms with Crippen LogP contribution in [0.25, 0.3) is 0 Å². The number of aliphatic carboxylic acids is 1. The summed E-state index contributed by atoms with van der Waals surface area (Å²) < 4.78 is 11.0. The van der Waals surface area contributed by atoms with Crippen LogP contribution in [0.1, 0.15) is 24.8 Å². The quantitative estimate of drug-likeness (QED) is 0.853. The molecule has 3 aliphatic rings. The van der Waals surface area contributed by atoms with Crippen molar-refractivity contribution in [1.29, 1.82) is 0 Å². The standard InChI is InChI=1S/C20H24ClNO5/c21-16-4-2-1-3-15(16)19(5-8-26-9-6-19)17(23)22-11-14-12-27-10-7-20(14,13-22)18(24)25/h1-4,14H,5-13H2,(H,24,25)/t14-,20+/m0/s1. The number of hydrogen-bond donors (Lipinski definition) is 1. The number of nitrogens with zero attached hydrogens (tertiary/aromatic N) is 1. The lowest BCUT2D eigenvalue weighted by Gasteiger charge is -2.40. The maximum Gasteiger partial charge on any atom is 0.311 e. The maximum absolute atomic E-state index is 13.8. The van der Waals surface area contributed by atoms with Gasteiger partial charge in [0.25, 0.3) is 0 Å². The first-order chi connectivity index (χ1) is 13.0. The second kappa shape index (κ2) is 7.08. The summed E-state index contributed by atoms with van der Waals surface area (Å²) in [5.74, 6) is -1.03. The molecule has 1 aromatic carbocycles. The minimum absolute atomic E-state index is 0.0334. The van der Waals surface area contributed by atoms with E-state index >= 15 is 0 Å². The molecule has 3 saturated heterocycles. The predicted molar refractivity (Wildman–Crippen MR) is 98.8 cm³/mol. The molecule has 6 nitrogen and oxygen atoms in total. The summed E-state index contributed by atoms with van der Waals surface area (Å²) in [5, 5.41) is 10.5. The van der Waals surface area contributed by atoms with Crippen LogP contribution in [-0.4, -0.2) is 61.4 Å². The van der Waals surface area contributed by atoms with Gasteiger partial charge in [-0.2, -0.15) is 0 Å². The Balaban J connectivity index is 1.69. The number of carbonyl (C=O) groups excluding carboxylic acids is 1. The van der Waals surface area contributed by atoms with Crippen LogP contribution in [0.2, 0.25) is 5.02 Å². The van der Waals surface area contributed by atoms with Crippen LogP contribution < -0.4 is 0 Å². The Morgan fingerprint density at radius 3 is 2.48 bits per heavy atom. The van der Waals surface area contributed by atoms with Crippen LogP contribution in [0.4, 0.5) is 0 Å². The monoisotopic (exact) mass is 393 g/mol. The molecule has 27 heavy (non-hydrogen) atoms. The Hall–Kier alpha value is -1.63. The fourth-order valence-electron chi connectivity index (χ4n) is 4.92. The van der Waals surface area contributed by atoms with E-state index in [4.69, 9.17) is 21.1 Å². The van der Waals surface area contributed by atoms with Gasteiger partial charge in [0, 0.05) is 43.9 Å². The number of benzene rings is 1. The first-order valence-corrected chi connectivity index (χ1v) is 9.81. The second-order valence-corrected chi connectivity index (χ2v) is 8.25. The lowest BCUT2D eigenvalue weighted by Crippen LogP contribution is -2.50. The molecule has 3 fully saturated rings. The summed E-state index contributed by atoms with van der Waals surface area (Å²) in [6.07, 6.45) is 1.54. The van der Waals surface area contributed by atoms with Crippen molar-refractivity contribution in [2.24, 2.45) is 11.3 Å². The number of ether oxygens (including phenoxy) is 2. The molecule has 0 aliphatic carbocycles. The van der Waals surface area contributed by atoms with Crippen molar-refractivity contribution < 1.29 is 24.2 Å². The predicted octanol–water partition coefficient (Wildman–Crippen LogP) is 2.34. The molecular weight excluding hydrogens is 370 g/mol. The van der Waals surface area contributed by atoms with Gasteiger partial charge < -0.3 is 19.5 Å². The van der Waals surface area contributed by atoms with E-state index < -0.39 is 16.8 Å². The third-order valence-electron chi connectivity index (χ3n) is 6.57. The van der Waals surface area contributed by atoms with E-state index in [0.717, 1.165) is 5.56 Å². The van der Waals surface area contributed by atoms with Gasteiger partial charge in [0.05, 0.1) is 17.4 Å². The van der Waals surface area contributed by atoms with Crippen LogP contribution in [0.3, 0.4) is 0 Å². The van der Waals surface area contributed by atoms with Crippen molar-refractivity contribution in [3.05, 3.63) is 34.9 Å². The molecular formula is C20H24ClNO5. The van der Waals surface area contributed by atoms with Crippen LogP contribution >= 0.6 is 11.6 Å². The zero-order chi connectivity index (χ0) is 19.1. The zero-order valence-corrected chi connectivity index (χ0v) is 15.9. The molecule has 0 radical (unpaired) electrons. The molecule has 146 valence electrons. The number of carboxylic acid groups (broad SMARTS) is 1. The van der Waals surface area contributed by atoms with Crippen LogP contribution in [0.5, 0.6) is 0 Å². The molecule has 1 aromatic rings. The van der Waals surface area contributed by atoms with Crippen molar-refractivity contribution in [3.63, 3.8) is 0 Å². The summed E-state index contributed by atoms with van der Waals surface area (Å²) in [7, 11) is 0. The number of fused-ring (bicyclic) bond motifs is 1. The smallest absolute Gasteiger partial charge is 0.311 e. The fourth-order valence-corrected chi connectivity index (χ4v) is 5.24. The minimum atomic E-state index is -0.902. The maximum atomic E-state index is 13.8. The first-order valence-electron chi connectivity index (χ1n) is 9.43. The Kier molecular flexibility index (Phi) is 4.91. The summed E-state index contributed by atoms with van der Waals surface area (Å²) in [6, 6.07) is 7.45. The third-order valence-corrected chi connectivity index (χ3v) is 6.89. The van der Waals surface area contributed by atoms with Crippen molar-refractivity contribution in [3.8, 4) is 0 Å². The van der Waals surface area contributed by atoms with Crippen molar-refractivity contribution in [1.82, 2.24) is 4.90 Å². The SMILES string of the molecule is O=C(N1C[C@H]2COCC[C@@]2(C(=O)O)C1)C1(c2ccccc2Cl)CCOCC1. The number of carbonyl (C=O) groups is 2. The lowest BCUT2D eigenvalue weighted by atomic mass is 9.72. The number of amides is 1. The second-order valence-electron chi connectivity index (χ2n) is 7.84. The highest BCUT2D eigenvalue weighted by Gasteiger charge is 2.57. The highest BCUT2D eigenvalue weighted by Crippen LogP contribution is 2.46. The number of hydrogen-bond acceptors (Lipinski definition) is 4. The normalized spacial score (nSPS) is 30.0. The van der Waals surface area contributed by atoms with E-state index in [1.165, 1.54) is 0 Å². The number of rotatable bonds is 3. The molecule has 0 unspecified atom stereocenters. The molecule has 7 heteroatoms. The van der Waals surface area contributed by atoms with E-state index in [9.17, 15) is 14.7 Å². The highest BCUT2D eigenvalue weighted by atomic mass is 35.5. The number of likely N-dealkylation sites (tertiary alicyclic amines) is 1. The molecule has 3 heterocycles. The Morgan fingerprint density at radius 1 is 1.11 bits per heavy atom. The van der Waals surface area contributed by atoms with Gasteiger partial charge in [-0.3, -0.25) is 9.59 Å². The van der Waals surface area contributed by atoms with Gasteiger partial charge in [0.15, 0.2) is 0 Å². The topological polar surface area (TPSA) is 76.1 Å². The van der Waals surface area contributed by atoms with E-state index in [1.807, 2.05) is 18.2 Å². The number of carboxylic acids is 1. The van der Waals surface area contributed by atoms with Crippen LogP contribution in [0.15, 0.2) is 24.3 Å². The summed E-state index contributed by atoms with van der Waals surface area (Å²) in [4.78, 5) is 27.6. The van der Waals surface area contributed by atoms with Gasteiger partial charge in [-0.15, -0.1) is 0 Å². The molecule has 1 N–H and O–H groups in total.